The molecule has 1 aliphatic rings. The van der Waals surface area contributed by atoms with Crippen molar-refractivity contribution < 1.29 is 4.57 Å². The quantitative estimate of drug-likeness (QED) is 0.134. The molecule has 0 atom stereocenters. The van der Waals surface area contributed by atoms with Gasteiger partial charge in [-0.3, -0.25) is 9.38 Å². The number of pyridine rings is 2. The van der Waals surface area contributed by atoms with Gasteiger partial charge in [0.05, 0.1) is 16.6 Å². The van der Waals surface area contributed by atoms with Crippen LogP contribution < -0.4 is 16.0 Å². The fourth-order valence-electron chi connectivity index (χ4n) is 9.16. The Bertz CT molecular complexity index is 3440. The molecule has 0 fully saturated rings. The van der Waals surface area contributed by atoms with Crippen LogP contribution in [0.15, 0.2) is 182 Å². The Balaban J connectivity index is 0.977. The topological polar surface area (TPSA) is 47.3 Å². The van der Waals surface area contributed by atoms with Crippen LogP contribution in [0.3, 0.4) is 0 Å². The number of benzene rings is 8. The van der Waals surface area contributed by atoms with Crippen LogP contribution >= 0.6 is 7.14 Å². The molecule has 0 amide bonds. The molecule has 12 rings (SSSR count). The molecule has 5 heteroatoms. The van der Waals surface area contributed by atoms with Crippen molar-refractivity contribution in [3.8, 4) is 22.3 Å². The maximum absolute atomic E-state index is 15.0. The zero-order valence-electron chi connectivity index (χ0n) is 30.2. The van der Waals surface area contributed by atoms with Gasteiger partial charge in [0.25, 0.3) is 0 Å². The van der Waals surface area contributed by atoms with Gasteiger partial charge in [-0.2, -0.15) is 0 Å². The molecule has 11 aromatic rings. The Kier molecular flexibility index (Phi) is 6.64. The molecule has 0 radical (unpaired) electrons. The van der Waals surface area contributed by atoms with E-state index < -0.39 is 7.14 Å². The van der Waals surface area contributed by atoms with Gasteiger partial charge in [0, 0.05) is 38.5 Å². The van der Waals surface area contributed by atoms with E-state index in [2.05, 4.69) is 138 Å². The van der Waals surface area contributed by atoms with E-state index in [0.717, 1.165) is 77.6 Å². The minimum atomic E-state index is -3.09. The summed E-state index contributed by atoms with van der Waals surface area (Å²) in [4.78, 5) is 10.2. The molecule has 0 N–H and O–H groups in total. The lowest BCUT2D eigenvalue weighted by molar-refractivity contribution is 0.592. The average Bonchev–Trinajstić information content (AvgIpc) is 3.77. The predicted molar refractivity (Wildman–Crippen MR) is 234 cm³/mol. The summed E-state index contributed by atoms with van der Waals surface area (Å²) in [6.07, 6.45) is 2.72. The van der Waals surface area contributed by atoms with E-state index in [-0.39, 0.29) is 0 Å². The van der Waals surface area contributed by atoms with Crippen LogP contribution in [0.4, 0.5) is 0 Å². The molecule has 0 saturated carbocycles. The van der Waals surface area contributed by atoms with Gasteiger partial charge in [-0.25, -0.2) is 4.98 Å². The van der Waals surface area contributed by atoms with Crippen molar-refractivity contribution in [2.75, 3.05) is 0 Å². The standard InChI is InChI=1S/C51H32N3OP/c55-56(47-15-7-5-12-41(47)42-13-6-8-16-48(42)56)49-26-22-38(31-52-49)36-20-23-39-37(30-36)21-24-43-40-11-3-4-14-44(40)51-53-45-29-33(18-25-46(45)54(51)50(39)43)27-32-17-19-34-9-1-2-10-35(34)28-32/h1-26,28-31H,27H2. The lowest BCUT2D eigenvalue weighted by Gasteiger charge is -2.15. The van der Waals surface area contributed by atoms with E-state index in [1.165, 1.54) is 32.7 Å². The maximum atomic E-state index is 15.0. The molecular formula is C51H32N3OP. The number of fused-ring (bicyclic) bond motifs is 14. The third-order valence-electron chi connectivity index (χ3n) is 11.8. The molecule has 3 aromatic heterocycles. The second-order valence-electron chi connectivity index (χ2n) is 14.9. The lowest BCUT2D eigenvalue weighted by Crippen LogP contribution is -2.23. The Morgan fingerprint density at radius 2 is 1.16 bits per heavy atom. The summed E-state index contributed by atoms with van der Waals surface area (Å²) >= 11 is 0. The first kappa shape index (κ1) is 31.5. The van der Waals surface area contributed by atoms with Crippen LogP contribution in [0.5, 0.6) is 0 Å². The molecule has 0 aliphatic carbocycles. The van der Waals surface area contributed by atoms with Crippen LogP contribution in [0, 0.1) is 0 Å². The van der Waals surface area contributed by atoms with Crippen LogP contribution in [-0.2, 0) is 11.0 Å². The first-order chi connectivity index (χ1) is 27.6. The highest BCUT2D eigenvalue weighted by molar-refractivity contribution is 7.86. The van der Waals surface area contributed by atoms with Crippen molar-refractivity contribution in [1.29, 1.82) is 0 Å². The maximum Gasteiger partial charge on any atom is 0.189 e. The minimum absolute atomic E-state index is 0.618. The van der Waals surface area contributed by atoms with Crippen LogP contribution in [0.2, 0.25) is 0 Å². The Morgan fingerprint density at radius 3 is 1.96 bits per heavy atom. The van der Waals surface area contributed by atoms with E-state index in [1.807, 2.05) is 48.7 Å². The SMILES string of the molecule is O=P1(c2ccc(-c3ccc4c(ccc5c6ccccc6c6nc7cc(Cc8ccc9ccccc9c8)ccc7n6c45)c3)cn2)c2ccccc2-c2ccccc21. The Labute approximate surface area is 322 Å². The number of hydrogen-bond donors (Lipinski definition) is 0. The van der Waals surface area contributed by atoms with Crippen molar-refractivity contribution in [2.45, 2.75) is 6.42 Å². The average molecular weight is 734 g/mol. The summed E-state index contributed by atoms with van der Waals surface area (Å²) < 4.78 is 17.3. The second kappa shape index (κ2) is 11.8. The molecule has 0 unspecified atom stereocenters. The van der Waals surface area contributed by atoms with Crippen molar-refractivity contribution in [3.63, 3.8) is 0 Å². The predicted octanol–water partition coefficient (Wildman–Crippen LogP) is 11.4. The summed E-state index contributed by atoms with van der Waals surface area (Å²) in [5.74, 6) is 0. The first-order valence-corrected chi connectivity index (χ1v) is 20.8. The second-order valence-corrected chi connectivity index (χ2v) is 17.6. The number of imidazole rings is 1. The van der Waals surface area contributed by atoms with Crippen molar-refractivity contribution in [1.82, 2.24) is 14.4 Å². The van der Waals surface area contributed by atoms with Crippen molar-refractivity contribution in [2.24, 2.45) is 0 Å². The summed E-state index contributed by atoms with van der Waals surface area (Å²) in [6.45, 7) is 0. The fraction of sp³-hybridized carbons (Fsp3) is 0.0196. The van der Waals surface area contributed by atoms with E-state index in [4.69, 9.17) is 9.97 Å². The van der Waals surface area contributed by atoms with Gasteiger partial charge in [0.2, 0.25) is 0 Å². The van der Waals surface area contributed by atoms with Gasteiger partial charge in [0.15, 0.2) is 7.14 Å². The van der Waals surface area contributed by atoms with Gasteiger partial charge in [0.1, 0.15) is 11.1 Å². The fourth-order valence-corrected chi connectivity index (χ4v) is 12.1. The van der Waals surface area contributed by atoms with Crippen LogP contribution in [-0.4, -0.2) is 14.4 Å². The molecule has 0 spiro atoms. The largest absolute Gasteiger partial charge is 0.307 e. The van der Waals surface area contributed by atoms with Gasteiger partial charge in [-0.05, 0) is 80.0 Å². The van der Waals surface area contributed by atoms with E-state index in [9.17, 15) is 4.57 Å². The molecular weight excluding hydrogens is 702 g/mol. The van der Waals surface area contributed by atoms with Crippen molar-refractivity contribution in [3.05, 3.63) is 193 Å². The summed E-state index contributed by atoms with van der Waals surface area (Å²) in [5, 5.41) is 10.1. The number of nitrogens with zero attached hydrogens (tertiary/aromatic N) is 3. The number of aromatic nitrogens is 3. The van der Waals surface area contributed by atoms with Crippen LogP contribution in [0.25, 0.3) is 82.2 Å². The summed E-state index contributed by atoms with van der Waals surface area (Å²) in [6, 6.07) is 61.9. The monoisotopic (exact) mass is 733 g/mol. The van der Waals surface area contributed by atoms with E-state index >= 15 is 0 Å². The summed E-state index contributed by atoms with van der Waals surface area (Å²) in [5.41, 5.74) is 11.5. The molecule has 262 valence electrons. The Hall–Kier alpha value is -6.87. The molecule has 0 saturated heterocycles. The van der Waals surface area contributed by atoms with Gasteiger partial charge < -0.3 is 4.57 Å². The van der Waals surface area contributed by atoms with Gasteiger partial charge in [-0.1, -0.05) is 152 Å². The molecule has 4 nitrogen and oxygen atoms in total. The van der Waals surface area contributed by atoms with E-state index in [0.29, 0.717) is 5.44 Å². The molecule has 4 heterocycles. The zero-order valence-corrected chi connectivity index (χ0v) is 31.1. The minimum Gasteiger partial charge on any atom is -0.307 e. The molecule has 0 bridgehead atoms. The molecule has 1 aliphatic heterocycles. The molecule has 8 aromatic carbocycles. The normalized spacial score (nSPS) is 13.3. The van der Waals surface area contributed by atoms with E-state index in [1.54, 1.807) is 0 Å². The number of hydrogen-bond acceptors (Lipinski definition) is 3. The Morgan fingerprint density at radius 1 is 0.500 bits per heavy atom. The van der Waals surface area contributed by atoms with Crippen LogP contribution in [0.1, 0.15) is 11.1 Å². The third kappa shape index (κ3) is 4.51. The highest BCUT2D eigenvalue weighted by Gasteiger charge is 2.40. The highest BCUT2D eigenvalue weighted by Crippen LogP contribution is 2.51. The zero-order chi connectivity index (χ0) is 37.0. The van der Waals surface area contributed by atoms with Crippen molar-refractivity contribution >= 4 is 83.1 Å². The highest BCUT2D eigenvalue weighted by atomic mass is 31.2. The molecule has 56 heavy (non-hydrogen) atoms. The van der Waals surface area contributed by atoms with Gasteiger partial charge >= 0.3 is 0 Å². The number of rotatable bonds is 4. The lowest BCUT2D eigenvalue weighted by atomic mass is 9.98. The van der Waals surface area contributed by atoms with Gasteiger partial charge in [-0.15, -0.1) is 0 Å². The first-order valence-electron chi connectivity index (χ1n) is 19.0. The smallest absolute Gasteiger partial charge is 0.189 e. The summed E-state index contributed by atoms with van der Waals surface area (Å²) in [7, 11) is -3.09. The third-order valence-corrected chi connectivity index (χ3v) is 14.8.